The fraction of sp³-hybridized carbons (Fsp3) is 0.857. The van der Waals surface area contributed by atoms with E-state index in [1.165, 1.54) is 0 Å². The molecule has 0 saturated carbocycles. The van der Waals surface area contributed by atoms with E-state index in [0.29, 0.717) is 19.6 Å². The number of carboxylic acids is 1. The lowest BCUT2D eigenvalue weighted by Crippen LogP contribution is -2.52. The third-order valence-electron chi connectivity index (χ3n) is 2.78. The molecule has 0 aromatic carbocycles. The van der Waals surface area contributed by atoms with Crippen LogP contribution in [0.5, 0.6) is 0 Å². The molecule has 0 aromatic rings. The van der Waals surface area contributed by atoms with E-state index < -0.39 is 23.5 Å². The lowest BCUT2D eigenvalue weighted by molar-refractivity contribution is -0.141. The molecule has 0 fully saturated rings. The van der Waals surface area contributed by atoms with Crippen LogP contribution in [0, 0.1) is 5.41 Å². The minimum atomic E-state index is -1.03. The standard InChI is InChI=1S/C14H28N2O4/c1-5-6-9-20-10-7-8-15-13(19)16-11(12(17)18)14(2,3)4/h11H,5-10H2,1-4H3,(H,17,18)(H2,15,16,19)/t11-/m0/s1. The smallest absolute Gasteiger partial charge is 0.326 e. The summed E-state index contributed by atoms with van der Waals surface area (Å²) in [5.74, 6) is -1.03. The zero-order valence-corrected chi connectivity index (χ0v) is 13.0. The summed E-state index contributed by atoms with van der Waals surface area (Å²) < 4.78 is 5.36. The number of unbranched alkanes of at least 4 members (excludes halogenated alkanes) is 1. The Balaban J connectivity index is 3.84. The van der Waals surface area contributed by atoms with Gasteiger partial charge >= 0.3 is 12.0 Å². The largest absolute Gasteiger partial charge is 0.480 e. The van der Waals surface area contributed by atoms with Crippen LogP contribution in [0.1, 0.15) is 47.0 Å². The number of ether oxygens (including phenoxy) is 1. The highest BCUT2D eigenvalue weighted by Gasteiger charge is 2.32. The molecular formula is C14H28N2O4. The van der Waals surface area contributed by atoms with Crippen molar-refractivity contribution < 1.29 is 19.4 Å². The van der Waals surface area contributed by atoms with Gasteiger partial charge in [0.15, 0.2) is 0 Å². The lowest BCUT2D eigenvalue weighted by Gasteiger charge is -2.27. The van der Waals surface area contributed by atoms with Gasteiger partial charge in [-0.2, -0.15) is 0 Å². The average Bonchev–Trinajstić information content (AvgIpc) is 2.33. The van der Waals surface area contributed by atoms with E-state index in [9.17, 15) is 9.59 Å². The molecule has 3 N–H and O–H groups in total. The van der Waals surface area contributed by atoms with Gasteiger partial charge in [0, 0.05) is 19.8 Å². The van der Waals surface area contributed by atoms with Crippen molar-refractivity contribution in [3.05, 3.63) is 0 Å². The first-order valence-electron chi connectivity index (χ1n) is 7.14. The molecule has 0 radical (unpaired) electrons. The first kappa shape index (κ1) is 18.7. The molecule has 0 bridgehead atoms. The number of carboxylic acid groups (broad SMARTS) is 1. The van der Waals surface area contributed by atoms with Gasteiger partial charge in [0.1, 0.15) is 6.04 Å². The highest BCUT2D eigenvalue weighted by molar-refractivity contribution is 5.83. The Bertz CT molecular complexity index is 300. The number of hydrogen-bond donors (Lipinski definition) is 3. The molecular weight excluding hydrogens is 260 g/mol. The minimum Gasteiger partial charge on any atom is -0.480 e. The van der Waals surface area contributed by atoms with Gasteiger partial charge in [-0.05, 0) is 18.3 Å². The quantitative estimate of drug-likeness (QED) is 0.566. The molecule has 1 atom stereocenters. The fourth-order valence-electron chi connectivity index (χ4n) is 1.56. The van der Waals surface area contributed by atoms with Gasteiger partial charge in [0.05, 0.1) is 0 Å². The van der Waals surface area contributed by atoms with Crippen LogP contribution in [0.4, 0.5) is 4.79 Å². The summed E-state index contributed by atoms with van der Waals surface area (Å²) in [4.78, 5) is 22.7. The zero-order chi connectivity index (χ0) is 15.6. The maximum absolute atomic E-state index is 11.6. The summed E-state index contributed by atoms with van der Waals surface area (Å²) in [5, 5.41) is 14.2. The maximum atomic E-state index is 11.6. The molecule has 0 aliphatic rings. The van der Waals surface area contributed by atoms with Gasteiger partial charge in [0.25, 0.3) is 0 Å². The molecule has 118 valence electrons. The van der Waals surface area contributed by atoms with Gasteiger partial charge in [-0.25, -0.2) is 9.59 Å². The number of amides is 2. The highest BCUT2D eigenvalue weighted by atomic mass is 16.5. The van der Waals surface area contributed by atoms with Crippen LogP contribution in [-0.4, -0.2) is 42.9 Å². The number of rotatable bonds is 9. The van der Waals surface area contributed by atoms with E-state index in [4.69, 9.17) is 9.84 Å². The van der Waals surface area contributed by atoms with Crippen LogP contribution in [-0.2, 0) is 9.53 Å². The van der Waals surface area contributed by atoms with Crippen LogP contribution >= 0.6 is 0 Å². The van der Waals surface area contributed by atoms with E-state index in [1.807, 2.05) is 0 Å². The van der Waals surface area contributed by atoms with Crippen molar-refractivity contribution in [2.24, 2.45) is 5.41 Å². The second-order valence-electron chi connectivity index (χ2n) is 5.86. The second-order valence-corrected chi connectivity index (χ2v) is 5.86. The molecule has 2 amide bonds. The van der Waals surface area contributed by atoms with E-state index in [1.54, 1.807) is 20.8 Å². The third kappa shape index (κ3) is 8.74. The van der Waals surface area contributed by atoms with E-state index in [-0.39, 0.29) is 0 Å². The zero-order valence-electron chi connectivity index (χ0n) is 13.0. The predicted octanol–water partition coefficient (Wildman–Crippen LogP) is 1.99. The molecule has 6 heteroatoms. The number of hydrogen-bond acceptors (Lipinski definition) is 3. The number of aliphatic carboxylic acids is 1. The van der Waals surface area contributed by atoms with Crippen LogP contribution in [0.25, 0.3) is 0 Å². The summed E-state index contributed by atoms with van der Waals surface area (Å²) in [6.07, 6.45) is 2.86. The van der Waals surface area contributed by atoms with Crippen molar-refractivity contribution in [3.63, 3.8) is 0 Å². The van der Waals surface area contributed by atoms with E-state index in [2.05, 4.69) is 17.6 Å². The summed E-state index contributed by atoms with van der Waals surface area (Å²) >= 11 is 0. The Hall–Kier alpha value is -1.30. The first-order chi connectivity index (χ1) is 9.29. The molecule has 0 rings (SSSR count). The van der Waals surface area contributed by atoms with Crippen molar-refractivity contribution in [3.8, 4) is 0 Å². The number of carbonyl (C=O) groups is 2. The summed E-state index contributed by atoms with van der Waals surface area (Å²) in [5.41, 5.74) is -0.535. The Morgan fingerprint density at radius 3 is 2.30 bits per heavy atom. The molecule has 20 heavy (non-hydrogen) atoms. The van der Waals surface area contributed by atoms with Crippen LogP contribution in [0.15, 0.2) is 0 Å². The normalized spacial score (nSPS) is 12.8. The fourth-order valence-corrected chi connectivity index (χ4v) is 1.56. The Morgan fingerprint density at radius 1 is 1.20 bits per heavy atom. The van der Waals surface area contributed by atoms with Gasteiger partial charge in [-0.3, -0.25) is 0 Å². The highest BCUT2D eigenvalue weighted by Crippen LogP contribution is 2.19. The Labute approximate surface area is 121 Å². The molecule has 0 aromatic heterocycles. The van der Waals surface area contributed by atoms with Gasteiger partial charge in [-0.15, -0.1) is 0 Å². The molecule has 0 spiro atoms. The number of nitrogens with one attached hydrogen (secondary N) is 2. The summed E-state index contributed by atoms with van der Waals surface area (Å²) in [6, 6.07) is -1.37. The summed E-state index contributed by atoms with van der Waals surface area (Å²) in [6.45, 7) is 9.22. The summed E-state index contributed by atoms with van der Waals surface area (Å²) in [7, 11) is 0. The first-order valence-corrected chi connectivity index (χ1v) is 7.14. The maximum Gasteiger partial charge on any atom is 0.326 e. The Morgan fingerprint density at radius 2 is 1.80 bits per heavy atom. The van der Waals surface area contributed by atoms with Crippen molar-refractivity contribution in [1.29, 1.82) is 0 Å². The second kappa shape index (κ2) is 9.58. The van der Waals surface area contributed by atoms with Crippen molar-refractivity contribution in [2.75, 3.05) is 19.8 Å². The molecule has 0 unspecified atom stereocenters. The van der Waals surface area contributed by atoms with Gasteiger partial charge in [0.2, 0.25) is 0 Å². The van der Waals surface area contributed by atoms with Crippen LogP contribution in [0.3, 0.4) is 0 Å². The monoisotopic (exact) mass is 288 g/mol. The van der Waals surface area contributed by atoms with Crippen molar-refractivity contribution in [1.82, 2.24) is 10.6 Å². The van der Waals surface area contributed by atoms with Gasteiger partial charge < -0.3 is 20.5 Å². The molecule has 0 heterocycles. The predicted molar refractivity (Wildman–Crippen MR) is 77.8 cm³/mol. The third-order valence-corrected chi connectivity index (χ3v) is 2.78. The molecule has 0 aliphatic carbocycles. The van der Waals surface area contributed by atoms with Crippen LogP contribution < -0.4 is 10.6 Å². The van der Waals surface area contributed by atoms with E-state index in [0.717, 1.165) is 19.4 Å². The Kier molecular flexibility index (Phi) is 8.96. The van der Waals surface area contributed by atoms with Gasteiger partial charge in [-0.1, -0.05) is 34.1 Å². The molecule has 6 nitrogen and oxygen atoms in total. The minimum absolute atomic E-state index is 0.458. The topological polar surface area (TPSA) is 87.7 Å². The SMILES string of the molecule is CCCCOCCCNC(=O)N[C@@H](C(=O)O)C(C)(C)C. The number of carbonyl (C=O) groups excluding carboxylic acids is 1. The lowest BCUT2D eigenvalue weighted by atomic mass is 9.87. The molecule has 0 saturated heterocycles. The molecule has 0 aliphatic heterocycles. The van der Waals surface area contributed by atoms with E-state index >= 15 is 0 Å². The van der Waals surface area contributed by atoms with Crippen molar-refractivity contribution in [2.45, 2.75) is 53.0 Å². The van der Waals surface area contributed by atoms with Crippen molar-refractivity contribution >= 4 is 12.0 Å². The average molecular weight is 288 g/mol. The number of urea groups is 1. The van der Waals surface area contributed by atoms with Crippen LogP contribution in [0.2, 0.25) is 0 Å².